The molecule has 146 valence electrons. The lowest BCUT2D eigenvalue weighted by Gasteiger charge is -2.25. The van der Waals surface area contributed by atoms with Crippen LogP contribution >= 0.6 is 0 Å². The average Bonchev–Trinajstić information content (AvgIpc) is 3.37. The number of furan rings is 1. The van der Waals surface area contributed by atoms with E-state index in [0.717, 1.165) is 5.56 Å². The van der Waals surface area contributed by atoms with E-state index in [2.05, 4.69) is 0 Å². The molecule has 0 bridgehead atoms. The fourth-order valence-electron chi connectivity index (χ4n) is 3.56. The van der Waals surface area contributed by atoms with Gasteiger partial charge in [0.05, 0.1) is 11.8 Å². The van der Waals surface area contributed by atoms with Crippen molar-refractivity contribution < 1.29 is 28.6 Å². The largest absolute Gasteiger partial charge is 0.503 e. The summed E-state index contributed by atoms with van der Waals surface area (Å²) < 4.78 is 16.2. The van der Waals surface area contributed by atoms with Gasteiger partial charge in [-0.05, 0) is 35.7 Å². The molecule has 1 unspecified atom stereocenters. The molecule has 4 rings (SSSR count). The van der Waals surface area contributed by atoms with Crippen LogP contribution in [0.25, 0.3) is 0 Å². The van der Waals surface area contributed by atoms with Gasteiger partial charge >= 0.3 is 0 Å². The zero-order valence-corrected chi connectivity index (χ0v) is 15.7. The minimum atomic E-state index is -0.765. The summed E-state index contributed by atoms with van der Waals surface area (Å²) in [6.07, 6.45) is 1.72. The molecule has 0 aliphatic carbocycles. The number of carbonyl (C=O) groups excluding carboxylic acids is 2. The summed E-state index contributed by atoms with van der Waals surface area (Å²) in [5.74, 6) is 0.433. The first-order chi connectivity index (χ1) is 13.5. The Balaban J connectivity index is 1.68. The third-order valence-corrected chi connectivity index (χ3v) is 4.80. The Bertz CT molecular complexity index is 944. The lowest BCUT2D eigenvalue weighted by molar-refractivity contribution is -0.130. The van der Waals surface area contributed by atoms with Gasteiger partial charge in [0, 0.05) is 13.0 Å². The standard InChI is InChI=1S/C21H21NO6/c1-12(2)8-14(23)18-19(16-4-3-7-26-16)22(21(25)20(18)24)10-13-5-6-15-17(9-13)28-11-27-15/h3-7,9,12,19,24H,8,10-11H2,1-2H3. The van der Waals surface area contributed by atoms with E-state index < -0.39 is 17.7 Å². The molecule has 0 fully saturated rings. The molecule has 1 aromatic heterocycles. The van der Waals surface area contributed by atoms with Crippen LogP contribution in [0.1, 0.15) is 37.6 Å². The van der Waals surface area contributed by atoms with Crippen LogP contribution in [0, 0.1) is 5.92 Å². The number of Topliss-reactive ketones (excluding diaryl/α,β-unsaturated/α-hetero) is 1. The van der Waals surface area contributed by atoms with Crippen molar-refractivity contribution >= 4 is 11.7 Å². The number of fused-ring (bicyclic) bond motifs is 1. The molecular weight excluding hydrogens is 362 g/mol. The third kappa shape index (κ3) is 3.13. The predicted octanol–water partition coefficient (Wildman–Crippen LogP) is 3.52. The highest BCUT2D eigenvalue weighted by molar-refractivity contribution is 6.08. The molecule has 2 aromatic rings. The van der Waals surface area contributed by atoms with Crippen LogP contribution in [0.3, 0.4) is 0 Å². The van der Waals surface area contributed by atoms with E-state index in [1.165, 1.54) is 11.2 Å². The van der Waals surface area contributed by atoms with Gasteiger partial charge in [-0.25, -0.2) is 0 Å². The quantitative estimate of drug-likeness (QED) is 0.821. The second kappa shape index (κ2) is 7.07. The van der Waals surface area contributed by atoms with Crippen molar-refractivity contribution in [2.45, 2.75) is 32.9 Å². The fourth-order valence-corrected chi connectivity index (χ4v) is 3.56. The lowest BCUT2D eigenvalue weighted by Crippen LogP contribution is -2.30. The highest BCUT2D eigenvalue weighted by atomic mass is 16.7. The Morgan fingerprint density at radius 2 is 2.04 bits per heavy atom. The van der Waals surface area contributed by atoms with E-state index in [0.29, 0.717) is 17.3 Å². The summed E-state index contributed by atoms with van der Waals surface area (Å²) in [6, 6.07) is 8.02. The summed E-state index contributed by atoms with van der Waals surface area (Å²) in [4.78, 5) is 27.1. The molecule has 0 spiro atoms. The van der Waals surface area contributed by atoms with Crippen LogP contribution in [0.4, 0.5) is 0 Å². The number of amides is 1. The van der Waals surface area contributed by atoms with Crippen molar-refractivity contribution in [3.63, 3.8) is 0 Å². The number of aliphatic hydroxyl groups is 1. The van der Waals surface area contributed by atoms with Gasteiger partial charge in [0.15, 0.2) is 23.0 Å². The number of ether oxygens (including phenoxy) is 2. The molecule has 0 saturated heterocycles. The zero-order chi connectivity index (χ0) is 19.8. The van der Waals surface area contributed by atoms with E-state index >= 15 is 0 Å². The minimum absolute atomic E-state index is 0.0920. The molecule has 1 amide bonds. The molecule has 2 aliphatic heterocycles. The van der Waals surface area contributed by atoms with Crippen LogP contribution in [-0.4, -0.2) is 28.5 Å². The van der Waals surface area contributed by atoms with Gasteiger partial charge in [0.1, 0.15) is 11.8 Å². The van der Waals surface area contributed by atoms with Crippen LogP contribution in [0.2, 0.25) is 0 Å². The number of ketones is 1. The Labute approximate surface area is 162 Å². The summed E-state index contributed by atoms with van der Waals surface area (Å²) in [6.45, 7) is 4.17. The van der Waals surface area contributed by atoms with Crippen molar-refractivity contribution in [3.05, 3.63) is 59.3 Å². The minimum Gasteiger partial charge on any atom is -0.503 e. The first kappa shape index (κ1) is 18.2. The first-order valence-corrected chi connectivity index (χ1v) is 9.15. The van der Waals surface area contributed by atoms with Crippen LogP contribution < -0.4 is 9.47 Å². The van der Waals surface area contributed by atoms with Crippen molar-refractivity contribution in [1.82, 2.24) is 4.90 Å². The molecule has 7 nitrogen and oxygen atoms in total. The smallest absolute Gasteiger partial charge is 0.290 e. The maximum atomic E-state index is 12.8. The van der Waals surface area contributed by atoms with Gasteiger partial charge in [-0.1, -0.05) is 19.9 Å². The number of aliphatic hydroxyl groups excluding tert-OH is 1. The molecule has 3 heterocycles. The molecule has 1 atom stereocenters. The second-order valence-corrected chi connectivity index (χ2v) is 7.32. The van der Waals surface area contributed by atoms with E-state index in [4.69, 9.17) is 13.9 Å². The molecule has 1 N–H and O–H groups in total. The first-order valence-electron chi connectivity index (χ1n) is 9.15. The molecule has 2 aliphatic rings. The van der Waals surface area contributed by atoms with E-state index in [-0.39, 0.29) is 37.0 Å². The van der Waals surface area contributed by atoms with Crippen molar-refractivity contribution in [1.29, 1.82) is 0 Å². The lowest BCUT2D eigenvalue weighted by atomic mass is 9.95. The highest BCUT2D eigenvalue weighted by Gasteiger charge is 2.44. The summed E-state index contributed by atoms with van der Waals surface area (Å²) in [7, 11) is 0. The topological polar surface area (TPSA) is 89.2 Å². The Hall–Kier alpha value is -3.22. The number of rotatable bonds is 6. The predicted molar refractivity (Wildman–Crippen MR) is 98.7 cm³/mol. The normalized spacial score (nSPS) is 18.5. The van der Waals surface area contributed by atoms with Crippen molar-refractivity contribution in [2.24, 2.45) is 5.92 Å². The number of hydrogen-bond acceptors (Lipinski definition) is 6. The Kier molecular flexibility index (Phi) is 4.58. The maximum absolute atomic E-state index is 12.8. The fraction of sp³-hybridized carbons (Fsp3) is 0.333. The molecule has 28 heavy (non-hydrogen) atoms. The number of carbonyl (C=O) groups is 2. The third-order valence-electron chi connectivity index (χ3n) is 4.80. The van der Waals surface area contributed by atoms with Crippen LogP contribution in [-0.2, 0) is 16.1 Å². The summed E-state index contributed by atoms with van der Waals surface area (Å²) in [5, 5.41) is 10.5. The number of hydrogen-bond donors (Lipinski definition) is 1. The van der Waals surface area contributed by atoms with Gasteiger partial charge in [0.2, 0.25) is 6.79 Å². The summed E-state index contributed by atoms with van der Waals surface area (Å²) in [5.41, 5.74) is 0.883. The van der Waals surface area contributed by atoms with E-state index in [9.17, 15) is 14.7 Å². The van der Waals surface area contributed by atoms with Gasteiger partial charge in [-0.2, -0.15) is 0 Å². The van der Waals surface area contributed by atoms with Gasteiger partial charge in [-0.3, -0.25) is 9.59 Å². The van der Waals surface area contributed by atoms with Gasteiger partial charge in [-0.15, -0.1) is 0 Å². The zero-order valence-electron chi connectivity index (χ0n) is 15.7. The monoisotopic (exact) mass is 383 g/mol. The second-order valence-electron chi connectivity index (χ2n) is 7.32. The molecule has 0 radical (unpaired) electrons. The molecule has 7 heteroatoms. The Morgan fingerprint density at radius 3 is 2.75 bits per heavy atom. The highest BCUT2D eigenvalue weighted by Crippen LogP contribution is 2.40. The molecule has 1 aromatic carbocycles. The van der Waals surface area contributed by atoms with E-state index in [1.807, 2.05) is 19.9 Å². The van der Waals surface area contributed by atoms with E-state index in [1.54, 1.807) is 24.3 Å². The maximum Gasteiger partial charge on any atom is 0.290 e. The van der Waals surface area contributed by atoms with Gasteiger partial charge < -0.3 is 23.9 Å². The number of nitrogens with zero attached hydrogens (tertiary/aromatic N) is 1. The number of benzene rings is 1. The Morgan fingerprint density at radius 1 is 1.25 bits per heavy atom. The van der Waals surface area contributed by atoms with Crippen LogP contribution in [0.15, 0.2) is 52.3 Å². The molecule has 0 saturated carbocycles. The average molecular weight is 383 g/mol. The van der Waals surface area contributed by atoms with Crippen molar-refractivity contribution in [3.8, 4) is 11.5 Å². The van der Waals surface area contributed by atoms with Crippen molar-refractivity contribution in [2.75, 3.05) is 6.79 Å². The molecular formula is C21H21NO6. The summed E-state index contributed by atoms with van der Waals surface area (Å²) >= 11 is 0. The van der Waals surface area contributed by atoms with Crippen LogP contribution in [0.5, 0.6) is 11.5 Å². The SMILES string of the molecule is CC(C)CC(=O)C1=C(O)C(=O)N(Cc2ccc3c(c2)OCO3)C1c1ccco1. The van der Waals surface area contributed by atoms with Gasteiger partial charge in [0.25, 0.3) is 5.91 Å².